The second kappa shape index (κ2) is 8.32. The third-order valence-corrected chi connectivity index (χ3v) is 4.89. The largest absolute Gasteiger partial charge is 0.387 e. The average Bonchev–Trinajstić information content (AvgIpc) is 2.64. The maximum atomic E-state index is 12.0. The van der Waals surface area contributed by atoms with Crippen molar-refractivity contribution in [1.29, 1.82) is 0 Å². The number of nitrogens with one attached hydrogen (secondary N) is 2. The number of carbonyl (C=O) groups is 1. The Morgan fingerprint density at radius 2 is 2.04 bits per heavy atom. The van der Waals surface area contributed by atoms with E-state index in [9.17, 15) is 9.90 Å². The third-order valence-electron chi connectivity index (χ3n) is 4.89. The van der Waals surface area contributed by atoms with Gasteiger partial charge in [-0.25, -0.2) is 4.79 Å². The van der Waals surface area contributed by atoms with Crippen molar-refractivity contribution < 1.29 is 9.90 Å². The first-order chi connectivity index (χ1) is 12.1. The molecule has 2 unspecified atom stereocenters. The number of urea groups is 1. The molecule has 1 saturated heterocycles. The van der Waals surface area contributed by atoms with Gasteiger partial charge in [-0.2, -0.15) is 0 Å². The number of piperidine rings is 1. The molecule has 0 spiro atoms. The number of hydrogen-bond donors (Lipinski definition) is 3. The predicted octanol–water partition coefficient (Wildman–Crippen LogP) is 2.51. The Labute approximate surface area is 149 Å². The fraction of sp³-hybridized carbons (Fsp3) is 0.450. The molecule has 0 bridgehead atoms. The van der Waals surface area contributed by atoms with Crippen molar-refractivity contribution in [3.8, 4) is 0 Å². The van der Waals surface area contributed by atoms with Crippen LogP contribution in [0.15, 0.2) is 42.5 Å². The average molecular weight is 341 g/mol. The number of likely N-dealkylation sites (tertiary alicyclic amines) is 1. The number of amides is 2. The van der Waals surface area contributed by atoms with E-state index in [0.29, 0.717) is 12.5 Å². The van der Waals surface area contributed by atoms with Gasteiger partial charge in [-0.3, -0.25) is 0 Å². The first-order valence-electron chi connectivity index (χ1n) is 8.99. The second-order valence-electron chi connectivity index (χ2n) is 6.98. The van der Waals surface area contributed by atoms with Gasteiger partial charge >= 0.3 is 6.03 Å². The van der Waals surface area contributed by atoms with Crippen molar-refractivity contribution in [2.45, 2.75) is 18.9 Å². The smallest absolute Gasteiger partial charge is 0.314 e. The molecular weight excluding hydrogens is 314 g/mol. The molecule has 1 heterocycles. The highest BCUT2D eigenvalue weighted by Gasteiger charge is 2.18. The highest BCUT2D eigenvalue weighted by molar-refractivity contribution is 5.83. The highest BCUT2D eigenvalue weighted by atomic mass is 16.3. The molecule has 5 heteroatoms. The van der Waals surface area contributed by atoms with Crippen LogP contribution >= 0.6 is 0 Å². The summed E-state index contributed by atoms with van der Waals surface area (Å²) in [6.45, 7) is 3.05. The zero-order chi connectivity index (χ0) is 17.6. The van der Waals surface area contributed by atoms with Crippen molar-refractivity contribution in [2.24, 2.45) is 5.92 Å². The highest BCUT2D eigenvalue weighted by Crippen LogP contribution is 2.20. The summed E-state index contributed by atoms with van der Waals surface area (Å²) < 4.78 is 0. The van der Waals surface area contributed by atoms with Crippen molar-refractivity contribution >= 4 is 16.8 Å². The fourth-order valence-corrected chi connectivity index (χ4v) is 3.46. The summed E-state index contributed by atoms with van der Waals surface area (Å²) in [4.78, 5) is 14.3. The van der Waals surface area contributed by atoms with E-state index in [2.05, 4.69) is 22.6 Å². The molecule has 1 aliphatic heterocycles. The molecule has 134 valence electrons. The van der Waals surface area contributed by atoms with E-state index < -0.39 is 6.10 Å². The van der Waals surface area contributed by atoms with Crippen molar-refractivity contribution in [2.75, 3.05) is 33.2 Å². The summed E-state index contributed by atoms with van der Waals surface area (Å²) in [5, 5.41) is 18.2. The zero-order valence-corrected chi connectivity index (χ0v) is 14.7. The maximum absolute atomic E-state index is 12.0. The molecule has 0 aliphatic carbocycles. The van der Waals surface area contributed by atoms with Gasteiger partial charge in [0.15, 0.2) is 0 Å². The van der Waals surface area contributed by atoms with E-state index in [-0.39, 0.29) is 12.6 Å². The number of rotatable bonds is 5. The lowest BCUT2D eigenvalue weighted by atomic mass is 9.99. The summed E-state index contributed by atoms with van der Waals surface area (Å²) in [6, 6.07) is 13.7. The van der Waals surface area contributed by atoms with Crippen LogP contribution < -0.4 is 10.6 Å². The minimum Gasteiger partial charge on any atom is -0.387 e. The van der Waals surface area contributed by atoms with E-state index in [1.165, 1.54) is 6.42 Å². The van der Waals surface area contributed by atoms with Gasteiger partial charge in [-0.15, -0.1) is 0 Å². The lowest BCUT2D eigenvalue weighted by molar-refractivity contribution is 0.171. The van der Waals surface area contributed by atoms with Crippen LogP contribution in [-0.4, -0.2) is 49.3 Å². The Hall–Kier alpha value is -2.11. The standard InChI is InChI=1S/C20H27N3O2/c1-23-10-4-5-15(14-23)12-21-20(25)22-13-19(24)18-9-8-16-6-2-3-7-17(16)11-18/h2-3,6-9,11,15,19,24H,4-5,10,12-14H2,1H3,(H2,21,22,25). The van der Waals surface area contributed by atoms with Crippen LogP contribution in [0.2, 0.25) is 0 Å². The monoisotopic (exact) mass is 341 g/mol. The van der Waals surface area contributed by atoms with Crippen LogP contribution in [0.25, 0.3) is 10.8 Å². The quantitative estimate of drug-likeness (QED) is 0.783. The molecule has 2 aromatic rings. The molecule has 1 aliphatic rings. The first kappa shape index (κ1) is 17.7. The molecule has 2 aromatic carbocycles. The molecule has 1 fully saturated rings. The number of aliphatic hydroxyl groups excluding tert-OH is 1. The molecule has 25 heavy (non-hydrogen) atoms. The summed E-state index contributed by atoms with van der Waals surface area (Å²) in [7, 11) is 2.12. The molecule has 2 atom stereocenters. The Balaban J connectivity index is 1.45. The van der Waals surface area contributed by atoms with Gasteiger partial charge in [0.2, 0.25) is 0 Å². The van der Waals surface area contributed by atoms with Gasteiger partial charge < -0.3 is 20.6 Å². The van der Waals surface area contributed by atoms with Gasteiger partial charge in [0, 0.05) is 19.6 Å². The van der Waals surface area contributed by atoms with E-state index in [4.69, 9.17) is 0 Å². The number of fused-ring (bicyclic) bond motifs is 1. The minimum absolute atomic E-state index is 0.203. The number of nitrogens with zero attached hydrogens (tertiary/aromatic N) is 1. The Bertz CT molecular complexity index is 719. The first-order valence-corrected chi connectivity index (χ1v) is 8.99. The molecule has 0 aromatic heterocycles. The lowest BCUT2D eigenvalue weighted by Crippen LogP contribution is -2.43. The summed E-state index contributed by atoms with van der Waals surface area (Å²) in [5.41, 5.74) is 0.813. The van der Waals surface area contributed by atoms with Crippen molar-refractivity contribution in [3.05, 3.63) is 48.0 Å². The van der Waals surface area contributed by atoms with E-state index in [1.54, 1.807) is 0 Å². The fourth-order valence-electron chi connectivity index (χ4n) is 3.46. The third kappa shape index (κ3) is 4.94. The van der Waals surface area contributed by atoms with Crippen LogP contribution in [-0.2, 0) is 0 Å². The molecule has 0 saturated carbocycles. The number of carbonyl (C=O) groups excluding carboxylic acids is 1. The van der Waals surface area contributed by atoms with E-state index >= 15 is 0 Å². The topological polar surface area (TPSA) is 64.6 Å². The normalized spacial score (nSPS) is 19.5. The van der Waals surface area contributed by atoms with Crippen LogP contribution in [0.4, 0.5) is 4.79 Å². The van der Waals surface area contributed by atoms with Gasteiger partial charge in [0.25, 0.3) is 0 Å². The molecule has 0 radical (unpaired) electrons. The summed E-state index contributed by atoms with van der Waals surface area (Å²) in [6.07, 6.45) is 1.63. The van der Waals surface area contributed by atoms with Crippen LogP contribution in [0.1, 0.15) is 24.5 Å². The maximum Gasteiger partial charge on any atom is 0.314 e. The lowest BCUT2D eigenvalue weighted by Gasteiger charge is -2.29. The molecular formula is C20H27N3O2. The van der Waals surface area contributed by atoms with Gasteiger partial charge in [-0.1, -0.05) is 36.4 Å². The molecule has 2 amide bonds. The molecule has 3 N–H and O–H groups in total. The van der Waals surface area contributed by atoms with Crippen molar-refractivity contribution in [3.63, 3.8) is 0 Å². The molecule has 3 rings (SSSR count). The van der Waals surface area contributed by atoms with E-state index in [0.717, 1.165) is 35.8 Å². The Kier molecular flexibility index (Phi) is 5.89. The van der Waals surface area contributed by atoms with Gasteiger partial charge in [-0.05, 0) is 54.8 Å². The SMILES string of the molecule is CN1CCCC(CNC(=O)NCC(O)c2ccc3ccccc3c2)C1. The second-order valence-corrected chi connectivity index (χ2v) is 6.98. The number of benzene rings is 2. The summed E-state index contributed by atoms with van der Waals surface area (Å²) >= 11 is 0. The zero-order valence-electron chi connectivity index (χ0n) is 14.7. The van der Waals surface area contributed by atoms with Crippen molar-refractivity contribution in [1.82, 2.24) is 15.5 Å². The van der Waals surface area contributed by atoms with Crippen LogP contribution in [0.3, 0.4) is 0 Å². The van der Waals surface area contributed by atoms with Gasteiger partial charge in [0.05, 0.1) is 6.10 Å². The number of hydrogen-bond acceptors (Lipinski definition) is 3. The Morgan fingerprint density at radius 1 is 1.24 bits per heavy atom. The van der Waals surface area contributed by atoms with E-state index in [1.807, 2.05) is 42.5 Å². The predicted molar refractivity (Wildman–Crippen MR) is 101 cm³/mol. The minimum atomic E-state index is -0.712. The number of aliphatic hydroxyl groups is 1. The molecule has 5 nitrogen and oxygen atoms in total. The van der Waals surface area contributed by atoms with Crippen LogP contribution in [0.5, 0.6) is 0 Å². The summed E-state index contributed by atoms with van der Waals surface area (Å²) in [5.74, 6) is 0.509. The Morgan fingerprint density at radius 3 is 2.84 bits per heavy atom. The van der Waals surface area contributed by atoms with Crippen LogP contribution in [0, 0.1) is 5.92 Å². The van der Waals surface area contributed by atoms with Gasteiger partial charge in [0.1, 0.15) is 0 Å².